The Balaban J connectivity index is 2.10. The topological polar surface area (TPSA) is 79.3 Å². The molecule has 0 atom stereocenters. The van der Waals surface area contributed by atoms with Crippen molar-refractivity contribution < 1.29 is 14.7 Å². The van der Waals surface area contributed by atoms with E-state index in [2.05, 4.69) is 24.1 Å². The molecule has 0 saturated heterocycles. The summed E-state index contributed by atoms with van der Waals surface area (Å²) >= 11 is 0. The van der Waals surface area contributed by atoms with Gasteiger partial charge in [-0.05, 0) is 37.3 Å². The van der Waals surface area contributed by atoms with E-state index in [4.69, 9.17) is 5.11 Å². The van der Waals surface area contributed by atoms with Crippen molar-refractivity contribution in [1.29, 1.82) is 0 Å². The van der Waals surface area contributed by atoms with Crippen molar-refractivity contribution in [3.8, 4) is 0 Å². The second-order valence-corrected chi connectivity index (χ2v) is 6.28. The Morgan fingerprint density at radius 2 is 2.00 bits per heavy atom. The van der Waals surface area contributed by atoms with Crippen LogP contribution in [0.1, 0.15) is 56.3 Å². The minimum Gasteiger partial charge on any atom is -0.478 e. The van der Waals surface area contributed by atoms with Crippen LogP contribution in [0.15, 0.2) is 18.3 Å². The lowest BCUT2D eigenvalue weighted by Gasteiger charge is -2.29. The number of carbonyl (C=O) groups is 2. The molecular weight excluding hydrogens is 268 g/mol. The van der Waals surface area contributed by atoms with E-state index in [1.165, 1.54) is 12.3 Å². The Morgan fingerprint density at radius 1 is 1.33 bits per heavy atom. The lowest BCUT2D eigenvalue weighted by Crippen LogP contribution is -2.35. The number of aromatic nitrogens is 1. The molecule has 0 aromatic carbocycles. The van der Waals surface area contributed by atoms with E-state index in [0.717, 1.165) is 32.1 Å². The highest BCUT2D eigenvalue weighted by atomic mass is 16.4. The van der Waals surface area contributed by atoms with Gasteiger partial charge in [-0.15, -0.1) is 0 Å². The van der Waals surface area contributed by atoms with Gasteiger partial charge in [-0.2, -0.15) is 0 Å². The molecule has 5 heteroatoms. The fourth-order valence-corrected chi connectivity index (χ4v) is 3.20. The van der Waals surface area contributed by atoms with E-state index >= 15 is 0 Å². The number of aromatic carboxylic acids is 1. The average molecular weight is 290 g/mol. The van der Waals surface area contributed by atoms with Crippen LogP contribution in [0.3, 0.4) is 0 Å². The van der Waals surface area contributed by atoms with Gasteiger partial charge < -0.3 is 10.4 Å². The largest absolute Gasteiger partial charge is 0.478 e. The van der Waals surface area contributed by atoms with Gasteiger partial charge in [-0.25, -0.2) is 9.78 Å². The molecule has 1 heterocycles. The summed E-state index contributed by atoms with van der Waals surface area (Å²) in [6, 6.07) is 2.99. The molecule has 21 heavy (non-hydrogen) atoms. The van der Waals surface area contributed by atoms with Crippen LogP contribution in [0, 0.1) is 11.3 Å². The maximum atomic E-state index is 12.6. The van der Waals surface area contributed by atoms with Crippen LogP contribution in [0.4, 0.5) is 5.82 Å². The van der Waals surface area contributed by atoms with Gasteiger partial charge in [0.1, 0.15) is 5.82 Å². The minimum absolute atomic E-state index is 0.0178. The van der Waals surface area contributed by atoms with Gasteiger partial charge >= 0.3 is 5.97 Å². The Kier molecular flexibility index (Phi) is 4.60. The van der Waals surface area contributed by atoms with Crippen molar-refractivity contribution in [2.24, 2.45) is 11.3 Å². The predicted octanol–water partition coefficient (Wildman–Crippen LogP) is 3.32. The zero-order chi connectivity index (χ0) is 15.5. The van der Waals surface area contributed by atoms with Crippen molar-refractivity contribution in [3.05, 3.63) is 23.9 Å². The Morgan fingerprint density at radius 3 is 2.48 bits per heavy atom. The quantitative estimate of drug-likeness (QED) is 0.871. The molecule has 0 spiro atoms. The van der Waals surface area contributed by atoms with Crippen molar-refractivity contribution in [1.82, 2.24) is 4.98 Å². The molecular formula is C16H22N2O3. The predicted molar refractivity (Wildman–Crippen MR) is 80.2 cm³/mol. The molecule has 1 aromatic rings. The van der Waals surface area contributed by atoms with Crippen molar-refractivity contribution in [3.63, 3.8) is 0 Å². The van der Waals surface area contributed by atoms with Gasteiger partial charge in [-0.3, -0.25) is 4.79 Å². The summed E-state index contributed by atoms with van der Waals surface area (Å²) in [4.78, 5) is 27.4. The summed E-state index contributed by atoms with van der Waals surface area (Å²) < 4.78 is 0. The molecule has 114 valence electrons. The zero-order valence-corrected chi connectivity index (χ0v) is 12.6. The summed E-state index contributed by atoms with van der Waals surface area (Å²) in [7, 11) is 0. The van der Waals surface area contributed by atoms with E-state index in [9.17, 15) is 9.59 Å². The maximum Gasteiger partial charge on any atom is 0.337 e. The molecule has 2 N–H and O–H groups in total. The number of hydrogen-bond donors (Lipinski definition) is 2. The van der Waals surface area contributed by atoms with Crippen LogP contribution in [0.2, 0.25) is 0 Å². The molecule has 1 aromatic heterocycles. The summed E-state index contributed by atoms with van der Waals surface area (Å²) in [6.07, 6.45) is 6.17. The second kappa shape index (κ2) is 6.24. The lowest BCUT2D eigenvalue weighted by atomic mass is 9.77. The number of amides is 1. The normalized spacial score (nSPS) is 16.9. The molecule has 0 unspecified atom stereocenters. The van der Waals surface area contributed by atoms with Crippen molar-refractivity contribution in [2.45, 2.75) is 46.0 Å². The number of anilines is 1. The summed E-state index contributed by atoms with van der Waals surface area (Å²) in [6.45, 7) is 4.26. The van der Waals surface area contributed by atoms with Gasteiger partial charge in [0.15, 0.2) is 0 Å². The number of pyridine rings is 1. The summed E-state index contributed by atoms with van der Waals surface area (Å²) in [5.74, 6) is -0.118. The SMILES string of the molecule is CC(C)CC1(C(=O)Nc2ccc(C(=O)O)cn2)CCCC1. The van der Waals surface area contributed by atoms with E-state index < -0.39 is 5.97 Å². The number of nitrogens with one attached hydrogen (secondary N) is 1. The third-order valence-electron chi connectivity index (χ3n) is 4.09. The standard InChI is InChI=1S/C16H22N2O3/c1-11(2)9-16(7-3-4-8-16)15(21)18-13-6-5-12(10-17-13)14(19)20/h5-6,10-11H,3-4,7-9H2,1-2H3,(H,19,20)(H,17,18,21). The number of carbonyl (C=O) groups excluding carboxylic acids is 1. The van der Waals surface area contributed by atoms with Crippen LogP contribution < -0.4 is 5.32 Å². The molecule has 0 aliphatic heterocycles. The number of carboxylic acids is 1. The first-order chi connectivity index (χ1) is 9.93. The molecule has 0 radical (unpaired) electrons. The van der Waals surface area contributed by atoms with Crippen LogP contribution in [-0.4, -0.2) is 22.0 Å². The number of rotatable bonds is 5. The van der Waals surface area contributed by atoms with Gasteiger partial charge in [-0.1, -0.05) is 26.7 Å². The molecule has 5 nitrogen and oxygen atoms in total. The molecule has 1 amide bonds. The monoisotopic (exact) mass is 290 g/mol. The minimum atomic E-state index is -1.02. The molecule has 1 aliphatic rings. The first kappa shape index (κ1) is 15.5. The van der Waals surface area contributed by atoms with E-state index in [0.29, 0.717) is 11.7 Å². The summed E-state index contributed by atoms with van der Waals surface area (Å²) in [5, 5.41) is 11.7. The van der Waals surface area contributed by atoms with Crippen LogP contribution in [0.5, 0.6) is 0 Å². The Labute approximate surface area is 124 Å². The second-order valence-electron chi connectivity index (χ2n) is 6.28. The number of hydrogen-bond acceptors (Lipinski definition) is 3. The first-order valence-electron chi connectivity index (χ1n) is 7.44. The molecule has 1 fully saturated rings. The highest BCUT2D eigenvalue weighted by Gasteiger charge is 2.41. The molecule has 1 aliphatic carbocycles. The molecule has 2 rings (SSSR count). The fourth-order valence-electron chi connectivity index (χ4n) is 3.20. The Bertz CT molecular complexity index is 517. The number of nitrogens with zero attached hydrogens (tertiary/aromatic N) is 1. The van der Waals surface area contributed by atoms with Crippen molar-refractivity contribution in [2.75, 3.05) is 5.32 Å². The van der Waals surface area contributed by atoms with E-state index in [1.807, 2.05) is 0 Å². The first-order valence-corrected chi connectivity index (χ1v) is 7.44. The van der Waals surface area contributed by atoms with Gasteiger partial charge in [0.2, 0.25) is 5.91 Å². The average Bonchev–Trinajstić information content (AvgIpc) is 2.88. The highest BCUT2D eigenvalue weighted by molar-refractivity contribution is 5.95. The smallest absolute Gasteiger partial charge is 0.337 e. The highest BCUT2D eigenvalue weighted by Crippen LogP contribution is 2.43. The number of carboxylic acid groups (broad SMARTS) is 1. The Hall–Kier alpha value is -1.91. The fraction of sp³-hybridized carbons (Fsp3) is 0.562. The van der Waals surface area contributed by atoms with Crippen molar-refractivity contribution >= 4 is 17.7 Å². The molecule has 1 saturated carbocycles. The van der Waals surface area contributed by atoms with Gasteiger partial charge in [0.05, 0.1) is 5.56 Å². The van der Waals surface area contributed by atoms with Gasteiger partial charge in [0.25, 0.3) is 0 Å². The van der Waals surface area contributed by atoms with E-state index in [-0.39, 0.29) is 16.9 Å². The van der Waals surface area contributed by atoms with Crippen LogP contribution in [0.25, 0.3) is 0 Å². The lowest BCUT2D eigenvalue weighted by molar-refractivity contribution is -0.126. The van der Waals surface area contributed by atoms with E-state index in [1.54, 1.807) is 6.07 Å². The molecule has 0 bridgehead atoms. The third-order valence-corrected chi connectivity index (χ3v) is 4.09. The maximum absolute atomic E-state index is 12.6. The summed E-state index contributed by atoms with van der Waals surface area (Å²) in [5.41, 5.74) is -0.174. The van der Waals surface area contributed by atoms with Crippen LogP contribution >= 0.6 is 0 Å². The zero-order valence-electron chi connectivity index (χ0n) is 12.6. The van der Waals surface area contributed by atoms with Gasteiger partial charge in [0, 0.05) is 11.6 Å². The third kappa shape index (κ3) is 3.60. The van der Waals surface area contributed by atoms with Crippen LogP contribution in [-0.2, 0) is 4.79 Å².